The maximum absolute atomic E-state index is 11.9. The Bertz CT molecular complexity index is 626. The summed E-state index contributed by atoms with van der Waals surface area (Å²) < 4.78 is 50.4. The molecule has 0 radical (unpaired) electrons. The Balaban J connectivity index is 1.80. The van der Waals surface area contributed by atoms with E-state index in [1.165, 1.54) is 12.3 Å². The van der Waals surface area contributed by atoms with Gasteiger partial charge >= 0.3 is 12.3 Å². The zero-order chi connectivity index (χ0) is 16.7. The van der Waals surface area contributed by atoms with Crippen molar-refractivity contribution in [3.8, 4) is 0 Å². The number of hydrogen-bond acceptors (Lipinski definition) is 4. The third-order valence-electron chi connectivity index (χ3n) is 2.63. The van der Waals surface area contributed by atoms with Crippen LogP contribution in [0.4, 0.5) is 23.7 Å². The van der Waals surface area contributed by atoms with Crippen molar-refractivity contribution in [3.63, 3.8) is 0 Å². The zero-order valence-corrected chi connectivity index (χ0v) is 11.9. The van der Waals surface area contributed by atoms with Gasteiger partial charge in [-0.3, -0.25) is 5.32 Å². The molecule has 0 atom stereocenters. The predicted octanol–water partition coefficient (Wildman–Crippen LogP) is 4.11. The minimum atomic E-state index is -4.56. The van der Waals surface area contributed by atoms with Crippen molar-refractivity contribution >= 4 is 11.8 Å². The molecule has 8 heteroatoms. The molecule has 0 aliphatic rings. The van der Waals surface area contributed by atoms with E-state index in [0.717, 1.165) is 5.56 Å². The van der Waals surface area contributed by atoms with Gasteiger partial charge in [0.2, 0.25) is 0 Å². The van der Waals surface area contributed by atoms with E-state index in [1.54, 1.807) is 30.3 Å². The van der Waals surface area contributed by atoms with Gasteiger partial charge in [0.1, 0.15) is 12.4 Å². The molecule has 1 aromatic heterocycles. The van der Waals surface area contributed by atoms with Crippen LogP contribution < -0.4 is 5.32 Å². The van der Waals surface area contributed by atoms with Crippen LogP contribution >= 0.6 is 0 Å². The van der Waals surface area contributed by atoms with E-state index in [2.05, 4.69) is 10.1 Å². The predicted molar refractivity (Wildman–Crippen MR) is 74.7 cm³/mol. The summed E-state index contributed by atoms with van der Waals surface area (Å²) in [5, 5.41) is 2.22. The molecule has 1 amide bonds. The Hall–Kier alpha value is -2.48. The second-order valence-corrected chi connectivity index (χ2v) is 4.59. The van der Waals surface area contributed by atoms with Crippen molar-refractivity contribution in [3.05, 3.63) is 54.0 Å². The number of nitrogens with one attached hydrogen (secondary N) is 1. The SMILES string of the molecule is O=C(Nc1cccc(COCc2ccco2)c1)OCC(F)(F)F. The fraction of sp³-hybridized carbons (Fsp3) is 0.267. The molecule has 1 N–H and O–H groups in total. The van der Waals surface area contributed by atoms with Gasteiger partial charge in [0.25, 0.3) is 0 Å². The van der Waals surface area contributed by atoms with Gasteiger partial charge in [-0.1, -0.05) is 12.1 Å². The topological polar surface area (TPSA) is 60.7 Å². The lowest BCUT2D eigenvalue weighted by Crippen LogP contribution is -2.23. The highest BCUT2D eigenvalue weighted by molar-refractivity contribution is 5.84. The van der Waals surface area contributed by atoms with Gasteiger partial charge in [0.15, 0.2) is 6.61 Å². The highest BCUT2D eigenvalue weighted by Crippen LogP contribution is 2.16. The first-order chi connectivity index (χ1) is 10.9. The number of halogens is 3. The van der Waals surface area contributed by atoms with Gasteiger partial charge in [0, 0.05) is 5.69 Å². The summed E-state index contributed by atoms with van der Waals surface area (Å²) in [5.74, 6) is 0.676. The molecular formula is C15H14F3NO4. The van der Waals surface area contributed by atoms with Crippen LogP contribution in [0.5, 0.6) is 0 Å². The van der Waals surface area contributed by atoms with Crippen LogP contribution in [-0.2, 0) is 22.7 Å². The minimum Gasteiger partial charge on any atom is -0.467 e. The fourth-order valence-corrected chi connectivity index (χ4v) is 1.70. The van der Waals surface area contributed by atoms with Crippen molar-refractivity contribution in [1.29, 1.82) is 0 Å². The molecule has 0 aliphatic carbocycles. The quantitative estimate of drug-likeness (QED) is 0.866. The van der Waals surface area contributed by atoms with Gasteiger partial charge in [-0.15, -0.1) is 0 Å². The maximum Gasteiger partial charge on any atom is 0.422 e. The fourth-order valence-electron chi connectivity index (χ4n) is 1.70. The van der Waals surface area contributed by atoms with E-state index in [9.17, 15) is 18.0 Å². The molecule has 0 saturated carbocycles. The molecule has 0 spiro atoms. The molecule has 0 saturated heterocycles. The number of furan rings is 1. The first-order valence-electron chi connectivity index (χ1n) is 6.62. The van der Waals surface area contributed by atoms with Crippen LogP contribution in [0, 0.1) is 0 Å². The molecule has 0 aliphatic heterocycles. The largest absolute Gasteiger partial charge is 0.467 e. The summed E-state index contributed by atoms with van der Waals surface area (Å²) in [4.78, 5) is 11.3. The number of hydrogen-bond donors (Lipinski definition) is 1. The first-order valence-corrected chi connectivity index (χ1v) is 6.62. The van der Waals surface area contributed by atoms with E-state index in [1.807, 2.05) is 0 Å². The van der Waals surface area contributed by atoms with Crippen molar-refractivity contribution < 1.29 is 31.9 Å². The highest BCUT2D eigenvalue weighted by atomic mass is 19.4. The Labute approximate surface area is 130 Å². The molecule has 0 bridgehead atoms. The molecule has 0 fully saturated rings. The van der Waals surface area contributed by atoms with Crippen LogP contribution in [0.2, 0.25) is 0 Å². The van der Waals surface area contributed by atoms with Crippen LogP contribution in [0.25, 0.3) is 0 Å². The van der Waals surface area contributed by atoms with Gasteiger partial charge in [-0.25, -0.2) is 4.79 Å². The molecule has 2 aromatic rings. The third kappa shape index (κ3) is 6.43. The van der Waals surface area contributed by atoms with Crippen LogP contribution in [0.15, 0.2) is 47.1 Å². The maximum atomic E-state index is 11.9. The normalized spacial score (nSPS) is 11.3. The lowest BCUT2D eigenvalue weighted by molar-refractivity contribution is -0.159. The van der Waals surface area contributed by atoms with E-state index < -0.39 is 18.9 Å². The minimum absolute atomic E-state index is 0.258. The average Bonchev–Trinajstić information content (AvgIpc) is 2.98. The van der Waals surface area contributed by atoms with Gasteiger partial charge in [-0.05, 0) is 29.8 Å². The highest BCUT2D eigenvalue weighted by Gasteiger charge is 2.29. The molecule has 0 unspecified atom stereocenters. The monoisotopic (exact) mass is 329 g/mol. The molecule has 1 aromatic carbocycles. The smallest absolute Gasteiger partial charge is 0.422 e. The molecule has 2 rings (SSSR count). The van der Waals surface area contributed by atoms with E-state index >= 15 is 0 Å². The van der Waals surface area contributed by atoms with Crippen LogP contribution in [-0.4, -0.2) is 18.9 Å². The molecule has 23 heavy (non-hydrogen) atoms. The van der Waals surface area contributed by atoms with Gasteiger partial charge in [0.05, 0.1) is 12.9 Å². The molecule has 1 heterocycles. The summed E-state index contributed by atoms with van der Waals surface area (Å²) >= 11 is 0. The van der Waals surface area contributed by atoms with Crippen molar-refractivity contribution in [1.82, 2.24) is 0 Å². The summed E-state index contributed by atoms with van der Waals surface area (Å²) in [6.45, 7) is -1.09. The number of anilines is 1. The van der Waals surface area contributed by atoms with Crippen LogP contribution in [0.1, 0.15) is 11.3 Å². The average molecular weight is 329 g/mol. The second-order valence-electron chi connectivity index (χ2n) is 4.59. The molecular weight excluding hydrogens is 315 g/mol. The summed E-state index contributed by atoms with van der Waals surface area (Å²) in [5.41, 5.74) is 1.06. The van der Waals surface area contributed by atoms with Crippen LogP contribution in [0.3, 0.4) is 0 Å². The van der Waals surface area contributed by atoms with E-state index in [-0.39, 0.29) is 13.2 Å². The Kier molecular flexibility index (Phi) is 5.64. The summed E-state index contributed by atoms with van der Waals surface area (Å²) in [6, 6.07) is 10.0. The number of amides is 1. The number of carbonyl (C=O) groups excluding carboxylic acids is 1. The number of ether oxygens (including phenoxy) is 2. The first kappa shape index (κ1) is 16.9. The number of alkyl halides is 3. The Morgan fingerprint density at radius 1 is 1.17 bits per heavy atom. The molecule has 5 nitrogen and oxygen atoms in total. The van der Waals surface area contributed by atoms with Crippen molar-refractivity contribution in [2.24, 2.45) is 0 Å². The third-order valence-corrected chi connectivity index (χ3v) is 2.63. The van der Waals surface area contributed by atoms with E-state index in [4.69, 9.17) is 9.15 Å². The lowest BCUT2D eigenvalue weighted by Gasteiger charge is -2.10. The van der Waals surface area contributed by atoms with Crippen molar-refractivity contribution in [2.75, 3.05) is 11.9 Å². The Morgan fingerprint density at radius 2 is 2.00 bits per heavy atom. The van der Waals surface area contributed by atoms with Crippen molar-refractivity contribution in [2.45, 2.75) is 19.4 Å². The summed E-state index contributed by atoms with van der Waals surface area (Å²) in [6.07, 6.45) is -4.19. The standard InChI is InChI=1S/C15H14F3NO4/c16-15(17,18)10-23-14(20)19-12-4-1-3-11(7-12)8-21-9-13-5-2-6-22-13/h1-7H,8-10H2,(H,19,20). The van der Waals surface area contributed by atoms with Gasteiger partial charge < -0.3 is 13.9 Å². The Morgan fingerprint density at radius 3 is 2.70 bits per heavy atom. The number of benzene rings is 1. The zero-order valence-electron chi connectivity index (χ0n) is 11.9. The summed E-state index contributed by atoms with van der Waals surface area (Å²) in [7, 11) is 0. The second kappa shape index (κ2) is 7.68. The number of rotatable bonds is 6. The number of carbonyl (C=O) groups is 1. The van der Waals surface area contributed by atoms with E-state index in [0.29, 0.717) is 11.4 Å². The lowest BCUT2D eigenvalue weighted by atomic mass is 10.2. The molecule has 124 valence electrons. The van der Waals surface area contributed by atoms with Gasteiger partial charge in [-0.2, -0.15) is 13.2 Å².